The molecule has 144 valence electrons. The minimum absolute atomic E-state index is 0.00514. The zero-order chi connectivity index (χ0) is 19.3. The molecule has 3 heterocycles. The third-order valence-electron chi connectivity index (χ3n) is 4.74. The van der Waals surface area contributed by atoms with E-state index in [0.29, 0.717) is 26.1 Å². The largest absolute Gasteiger partial charge is 0.497 e. The van der Waals surface area contributed by atoms with Crippen molar-refractivity contribution in [2.75, 3.05) is 20.3 Å². The van der Waals surface area contributed by atoms with E-state index in [9.17, 15) is 4.79 Å². The first-order valence-electron chi connectivity index (χ1n) is 9.20. The van der Waals surface area contributed by atoms with Gasteiger partial charge in [0.25, 0.3) is 5.91 Å². The second kappa shape index (κ2) is 8.22. The van der Waals surface area contributed by atoms with Crippen molar-refractivity contribution in [1.82, 2.24) is 19.4 Å². The molecule has 1 saturated heterocycles. The molecule has 1 atom stereocenters. The number of imidazole rings is 1. The van der Waals surface area contributed by atoms with E-state index in [1.807, 2.05) is 58.1 Å². The molecular weight excluding hydrogens is 356 g/mol. The fourth-order valence-electron chi connectivity index (χ4n) is 3.24. The lowest BCUT2D eigenvalue weighted by molar-refractivity contribution is -0.153. The summed E-state index contributed by atoms with van der Waals surface area (Å²) < 4.78 is 12.8. The molecule has 4 rings (SSSR count). The molecule has 0 N–H and O–H groups in total. The quantitative estimate of drug-likeness (QED) is 0.658. The molecule has 1 unspecified atom stereocenters. The molecule has 7 nitrogen and oxygen atoms in total. The number of benzene rings is 1. The first-order chi connectivity index (χ1) is 13.7. The second-order valence-corrected chi connectivity index (χ2v) is 6.63. The molecule has 0 bridgehead atoms. The predicted molar refractivity (Wildman–Crippen MR) is 103 cm³/mol. The smallest absolute Gasteiger partial charge is 0.252 e. The van der Waals surface area contributed by atoms with Crippen LogP contribution in [0, 0.1) is 0 Å². The van der Waals surface area contributed by atoms with Crippen molar-refractivity contribution < 1.29 is 14.3 Å². The Morgan fingerprint density at radius 2 is 2.04 bits per heavy atom. The molecule has 28 heavy (non-hydrogen) atoms. The van der Waals surface area contributed by atoms with Gasteiger partial charge in [-0.05, 0) is 29.8 Å². The van der Waals surface area contributed by atoms with Gasteiger partial charge < -0.3 is 14.4 Å². The van der Waals surface area contributed by atoms with Crippen LogP contribution in [0.2, 0.25) is 0 Å². The summed E-state index contributed by atoms with van der Waals surface area (Å²) in [6, 6.07) is 13.5. The van der Waals surface area contributed by atoms with Crippen LogP contribution in [-0.4, -0.2) is 51.7 Å². The molecule has 0 radical (unpaired) electrons. The number of morpholine rings is 1. The van der Waals surface area contributed by atoms with Gasteiger partial charge in [-0.15, -0.1) is 0 Å². The highest BCUT2D eigenvalue weighted by molar-refractivity contribution is 5.81. The normalized spacial score (nSPS) is 17.0. The van der Waals surface area contributed by atoms with E-state index in [-0.39, 0.29) is 5.91 Å². The monoisotopic (exact) mass is 378 g/mol. The lowest BCUT2D eigenvalue weighted by Crippen LogP contribution is -2.48. The van der Waals surface area contributed by atoms with Crippen molar-refractivity contribution in [3.8, 4) is 11.6 Å². The van der Waals surface area contributed by atoms with E-state index in [1.54, 1.807) is 19.6 Å². The van der Waals surface area contributed by atoms with Gasteiger partial charge in [-0.2, -0.15) is 0 Å². The number of ether oxygens (including phenoxy) is 2. The van der Waals surface area contributed by atoms with Crippen molar-refractivity contribution >= 4 is 5.91 Å². The number of pyridine rings is 1. The lowest BCUT2D eigenvalue weighted by Gasteiger charge is -2.32. The van der Waals surface area contributed by atoms with Gasteiger partial charge in [0.1, 0.15) is 24.0 Å². The van der Waals surface area contributed by atoms with Crippen LogP contribution < -0.4 is 4.74 Å². The molecule has 3 aromatic rings. The molecule has 7 heteroatoms. The number of carbonyl (C=O) groups excluding carboxylic acids is 1. The first-order valence-corrected chi connectivity index (χ1v) is 9.20. The van der Waals surface area contributed by atoms with Gasteiger partial charge in [0, 0.05) is 31.9 Å². The fraction of sp³-hybridized carbons (Fsp3) is 0.286. The van der Waals surface area contributed by atoms with Gasteiger partial charge in [0.15, 0.2) is 0 Å². The highest BCUT2D eigenvalue weighted by Gasteiger charge is 2.30. The van der Waals surface area contributed by atoms with Gasteiger partial charge >= 0.3 is 0 Å². The lowest BCUT2D eigenvalue weighted by atomic mass is 10.1. The Morgan fingerprint density at radius 1 is 1.18 bits per heavy atom. The summed E-state index contributed by atoms with van der Waals surface area (Å²) in [6.07, 6.45) is 5.26. The summed E-state index contributed by atoms with van der Waals surface area (Å²) in [7, 11) is 1.64. The molecule has 2 aromatic heterocycles. The fourth-order valence-corrected chi connectivity index (χ4v) is 3.24. The Morgan fingerprint density at radius 3 is 2.79 bits per heavy atom. The van der Waals surface area contributed by atoms with Crippen molar-refractivity contribution in [1.29, 1.82) is 0 Å². The molecule has 1 aromatic carbocycles. The number of hydrogen-bond donors (Lipinski definition) is 0. The number of carbonyl (C=O) groups is 1. The molecule has 0 saturated carbocycles. The van der Waals surface area contributed by atoms with E-state index in [1.165, 1.54) is 0 Å². The topological polar surface area (TPSA) is 69.5 Å². The van der Waals surface area contributed by atoms with Crippen LogP contribution in [0.5, 0.6) is 5.75 Å². The van der Waals surface area contributed by atoms with Crippen LogP contribution in [0.25, 0.3) is 5.82 Å². The maximum atomic E-state index is 12.9. The van der Waals surface area contributed by atoms with E-state index in [4.69, 9.17) is 9.47 Å². The van der Waals surface area contributed by atoms with Gasteiger partial charge in [0.05, 0.1) is 19.4 Å². The number of amides is 1. The molecule has 0 spiro atoms. The van der Waals surface area contributed by atoms with E-state index >= 15 is 0 Å². The zero-order valence-corrected chi connectivity index (χ0v) is 15.7. The first kappa shape index (κ1) is 18.2. The van der Waals surface area contributed by atoms with Crippen LogP contribution >= 0.6 is 0 Å². The minimum Gasteiger partial charge on any atom is -0.497 e. The maximum absolute atomic E-state index is 12.9. The molecular formula is C21H22N4O3. The van der Waals surface area contributed by atoms with Crippen LogP contribution in [-0.2, 0) is 22.5 Å². The zero-order valence-electron chi connectivity index (χ0n) is 15.7. The molecule has 1 amide bonds. The summed E-state index contributed by atoms with van der Waals surface area (Å²) in [5.41, 5.74) is 1.87. The Hall–Kier alpha value is -3.19. The van der Waals surface area contributed by atoms with Crippen LogP contribution in [0.3, 0.4) is 0 Å². The van der Waals surface area contributed by atoms with Crippen molar-refractivity contribution in [3.05, 3.63) is 72.4 Å². The number of rotatable bonds is 6. The SMILES string of the molecule is COc1ccc(CN2CCOC(Cc3cn(-c4ccccn4)cn3)C2=O)cc1. The summed E-state index contributed by atoms with van der Waals surface area (Å²) in [5, 5.41) is 0. The summed E-state index contributed by atoms with van der Waals surface area (Å²) in [5.74, 6) is 1.59. The summed E-state index contributed by atoms with van der Waals surface area (Å²) >= 11 is 0. The summed E-state index contributed by atoms with van der Waals surface area (Å²) in [6.45, 7) is 1.67. The van der Waals surface area contributed by atoms with E-state index in [2.05, 4.69) is 9.97 Å². The summed E-state index contributed by atoms with van der Waals surface area (Å²) in [4.78, 5) is 23.4. The number of aromatic nitrogens is 3. The van der Waals surface area contributed by atoms with Gasteiger partial charge in [-0.25, -0.2) is 9.97 Å². The number of methoxy groups -OCH3 is 1. The third kappa shape index (κ3) is 4.04. The third-order valence-corrected chi connectivity index (χ3v) is 4.74. The molecule has 1 aliphatic heterocycles. The standard InChI is InChI=1S/C21H22N4O3/c1-27-18-7-5-16(6-8-18)13-24-10-11-28-19(21(24)26)12-17-14-25(15-23-17)20-4-2-3-9-22-20/h2-9,14-15,19H,10-13H2,1H3. The Kier molecular flexibility index (Phi) is 5.34. The van der Waals surface area contributed by atoms with E-state index in [0.717, 1.165) is 22.8 Å². The van der Waals surface area contributed by atoms with Crippen LogP contribution in [0.15, 0.2) is 61.2 Å². The second-order valence-electron chi connectivity index (χ2n) is 6.63. The Labute approximate surface area is 163 Å². The average Bonchev–Trinajstić information content (AvgIpc) is 3.21. The molecule has 0 aliphatic carbocycles. The van der Waals surface area contributed by atoms with E-state index < -0.39 is 6.10 Å². The Bertz CT molecular complexity index is 924. The van der Waals surface area contributed by atoms with Crippen molar-refractivity contribution in [2.45, 2.75) is 19.1 Å². The van der Waals surface area contributed by atoms with Crippen molar-refractivity contribution in [3.63, 3.8) is 0 Å². The average molecular weight is 378 g/mol. The molecule has 1 aliphatic rings. The Balaban J connectivity index is 1.41. The minimum atomic E-state index is -0.515. The van der Waals surface area contributed by atoms with Crippen molar-refractivity contribution in [2.24, 2.45) is 0 Å². The highest BCUT2D eigenvalue weighted by Crippen LogP contribution is 2.18. The maximum Gasteiger partial charge on any atom is 0.252 e. The molecule has 1 fully saturated rings. The number of nitrogens with zero attached hydrogens (tertiary/aromatic N) is 4. The van der Waals surface area contributed by atoms with Gasteiger partial charge in [-0.3, -0.25) is 9.36 Å². The van der Waals surface area contributed by atoms with Crippen LogP contribution in [0.1, 0.15) is 11.3 Å². The number of hydrogen-bond acceptors (Lipinski definition) is 5. The van der Waals surface area contributed by atoms with Gasteiger partial charge in [0.2, 0.25) is 0 Å². The van der Waals surface area contributed by atoms with Crippen LogP contribution in [0.4, 0.5) is 0 Å². The highest BCUT2D eigenvalue weighted by atomic mass is 16.5. The predicted octanol–water partition coefficient (Wildman–Crippen LogP) is 2.25. The van der Waals surface area contributed by atoms with Gasteiger partial charge in [-0.1, -0.05) is 18.2 Å².